The number of anilines is 1. The van der Waals surface area contributed by atoms with Crippen molar-refractivity contribution in [1.82, 2.24) is 0 Å². The first-order valence-electron chi connectivity index (χ1n) is 5.97. The van der Waals surface area contributed by atoms with Gasteiger partial charge >= 0.3 is 0 Å². The van der Waals surface area contributed by atoms with Crippen molar-refractivity contribution < 1.29 is 0 Å². The topological polar surface area (TPSA) is 15.6 Å². The predicted octanol–water partition coefficient (Wildman–Crippen LogP) is 3.09. The molecule has 1 aromatic rings. The van der Waals surface area contributed by atoms with Gasteiger partial charge in [0, 0.05) is 12.5 Å². The van der Waals surface area contributed by atoms with Crippen LogP contribution in [0.15, 0.2) is 29.3 Å². The second-order valence-corrected chi connectivity index (χ2v) is 4.96. The van der Waals surface area contributed by atoms with Crippen molar-refractivity contribution in [2.75, 3.05) is 10.8 Å². The Kier molecular flexibility index (Phi) is 2.64. The van der Waals surface area contributed by atoms with Crippen LogP contribution in [0.1, 0.15) is 24.8 Å². The summed E-state index contributed by atoms with van der Waals surface area (Å²) in [4.78, 5) is 4.66. The van der Waals surface area contributed by atoms with E-state index in [0.717, 1.165) is 13.0 Å². The molecule has 0 aliphatic carbocycles. The molecule has 0 amide bonds. The molecule has 84 valence electrons. The van der Waals surface area contributed by atoms with Crippen LogP contribution < -0.4 is 4.31 Å². The van der Waals surface area contributed by atoms with Gasteiger partial charge in [0.2, 0.25) is 0 Å². The maximum absolute atomic E-state index is 4.66. The fourth-order valence-corrected chi connectivity index (χ4v) is 3.11. The second-order valence-electron chi connectivity index (χ2n) is 4.56. The van der Waals surface area contributed by atoms with E-state index in [1.807, 2.05) is 4.31 Å². The number of rotatable bonds is 0. The van der Waals surface area contributed by atoms with Gasteiger partial charge in [0.15, 0.2) is 0 Å². The summed E-state index contributed by atoms with van der Waals surface area (Å²) in [5.74, 6) is 1.79. The van der Waals surface area contributed by atoms with Crippen LogP contribution in [0.25, 0.3) is 0 Å². The third-order valence-corrected chi connectivity index (χ3v) is 3.97. The lowest BCUT2D eigenvalue weighted by molar-refractivity contribution is 0.533. The average Bonchev–Trinajstić information content (AvgIpc) is 2.49. The molecule has 2 nitrogen and oxygen atoms in total. The maximum atomic E-state index is 4.66. The summed E-state index contributed by atoms with van der Waals surface area (Å²) < 4.78 is 2.01. The highest BCUT2D eigenvalue weighted by Gasteiger charge is 2.28. The minimum Gasteiger partial charge on any atom is -0.274 e. The summed E-state index contributed by atoms with van der Waals surface area (Å²) in [7, 11) is 0. The van der Waals surface area contributed by atoms with Crippen molar-refractivity contribution >= 4 is 24.3 Å². The van der Waals surface area contributed by atoms with Gasteiger partial charge in [0.05, 0.1) is 5.69 Å². The Labute approximate surface area is 102 Å². The molecule has 2 aliphatic heterocycles. The van der Waals surface area contributed by atoms with Crippen molar-refractivity contribution in [2.24, 2.45) is 10.9 Å². The third-order valence-electron chi connectivity index (χ3n) is 3.55. The van der Waals surface area contributed by atoms with Gasteiger partial charge in [-0.3, -0.25) is 9.30 Å². The van der Waals surface area contributed by atoms with E-state index in [4.69, 9.17) is 0 Å². The van der Waals surface area contributed by atoms with Crippen LogP contribution in [0.3, 0.4) is 0 Å². The van der Waals surface area contributed by atoms with Crippen LogP contribution in [-0.4, -0.2) is 12.4 Å². The van der Waals surface area contributed by atoms with Gasteiger partial charge in [-0.2, -0.15) is 0 Å². The normalized spacial score (nSPS) is 24.2. The molecule has 0 saturated heterocycles. The molecular weight excluding hydrogens is 216 g/mol. The molecule has 0 bridgehead atoms. The minimum atomic E-state index is 0.610. The van der Waals surface area contributed by atoms with E-state index in [-0.39, 0.29) is 0 Å². The Morgan fingerprint density at radius 1 is 1.25 bits per heavy atom. The molecule has 16 heavy (non-hydrogen) atoms. The Morgan fingerprint density at radius 2 is 2.12 bits per heavy atom. The number of nitrogens with zero attached hydrogens (tertiary/aromatic N) is 2. The monoisotopic (exact) mass is 232 g/mol. The van der Waals surface area contributed by atoms with Crippen LogP contribution >= 0.6 is 12.8 Å². The molecule has 3 rings (SSSR count). The van der Waals surface area contributed by atoms with Gasteiger partial charge in [0.25, 0.3) is 0 Å². The van der Waals surface area contributed by atoms with Crippen molar-refractivity contribution in [3.05, 3.63) is 29.8 Å². The molecule has 2 heterocycles. The highest BCUT2D eigenvalue weighted by Crippen LogP contribution is 2.34. The second kappa shape index (κ2) is 4.13. The third kappa shape index (κ3) is 1.63. The summed E-state index contributed by atoms with van der Waals surface area (Å²) in [5, 5.41) is 0. The van der Waals surface area contributed by atoms with Gasteiger partial charge < -0.3 is 0 Å². The molecule has 0 N–H and O–H groups in total. The molecule has 1 atom stereocenters. The van der Waals surface area contributed by atoms with E-state index >= 15 is 0 Å². The first-order chi connectivity index (χ1) is 7.86. The van der Waals surface area contributed by atoms with Gasteiger partial charge in [-0.1, -0.05) is 31.0 Å². The van der Waals surface area contributed by atoms with E-state index in [0.29, 0.717) is 5.92 Å². The lowest BCUT2D eigenvalue weighted by Crippen LogP contribution is -2.31. The summed E-state index contributed by atoms with van der Waals surface area (Å²) in [5.41, 5.74) is 2.61. The van der Waals surface area contributed by atoms with Crippen molar-refractivity contribution in [2.45, 2.75) is 25.7 Å². The van der Waals surface area contributed by atoms with Crippen LogP contribution in [0.2, 0.25) is 0 Å². The fraction of sp³-hybridized carbons (Fsp3) is 0.462. The Hall–Kier alpha value is -0.960. The van der Waals surface area contributed by atoms with Crippen molar-refractivity contribution in [3.63, 3.8) is 0 Å². The fourth-order valence-electron chi connectivity index (χ4n) is 2.68. The lowest BCUT2D eigenvalue weighted by atomic mass is 9.94. The van der Waals surface area contributed by atoms with Crippen LogP contribution in [0.4, 0.5) is 5.69 Å². The molecule has 3 heteroatoms. The first-order valence-corrected chi connectivity index (χ1v) is 6.37. The van der Waals surface area contributed by atoms with Gasteiger partial charge in [-0.25, -0.2) is 0 Å². The molecule has 0 aromatic heterocycles. The smallest absolute Gasteiger partial charge is 0.116 e. The predicted molar refractivity (Wildman–Crippen MR) is 71.3 cm³/mol. The maximum Gasteiger partial charge on any atom is 0.116 e. The number of hydrogen-bond acceptors (Lipinski definition) is 3. The zero-order chi connectivity index (χ0) is 11.0. The highest BCUT2D eigenvalue weighted by molar-refractivity contribution is 7.82. The van der Waals surface area contributed by atoms with E-state index in [1.165, 1.54) is 36.3 Å². The van der Waals surface area contributed by atoms with Crippen LogP contribution in [0, 0.1) is 5.92 Å². The minimum absolute atomic E-state index is 0.610. The molecule has 0 spiro atoms. The van der Waals surface area contributed by atoms with E-state index in [1.54, 1.807) is 0 Å². The number of fused-ring (bicyclic) bond motifs is 2. The molecule has 0 saturated carbocycles. The molecule has 1 aromatic carbocycles. The zero-order valence-corrected chi connectivity index (χ0v) is 10.2. The van der Waals surface area contributed by atoms with Gasteiger partial charge in [-0.05, 0) is 37.3 Å². The first kappa shape index (κ1) is 10.2. The van der Waals surface area contributed by atoms with E-state index < -0.39 is 0 Å². The van der Waals surface area contributed by atoms with Crippen molar-refractivity contribution in [3.8, 4) is 0 Å². The lowest BCUT2D eigenvalue weighted by Gasteiger charge is -2.27. The summed E-state index contributed by atoms with van der Waals surface area (Å²) in [6.07, 6.45) is 4.86. The molecule has 1 unspecified atom stereocenters. The molecule has 0 radical (unpaired) electrons. The Balaban J connectivity index is 2.05. The van der Waals surface area contributed by atoms with Gasteiger partial charge in [0.1, 0.15) is 5.84 Å². The van der Waals surface area contributed by atoms with Gasteiger partial charge in [-0.15, -0.1) is 0 Å². The molecule has 2 aliphatic rings. The zero-order valence-electron chi connectivity index (χ0n) is 9.26. The number of amidine groups is 1. The summed E-state index contributed by atoms with van der Waals surface area (Å²) in [6, 6.07) is 8.53. The SMILES string of the molecule is SN1C2=NCCCC2CCc2ccccc21. The summed E-state index contributed by atoms with van der Waals surface area (Å²) >= 11 is 4.63. The Morgan fingerprint density at radius 3 is 3.06 bits per heavy atom. The number of benzene rings is 1. The summed E-state index contributed by atoms with van der Waals surface area (Å²) in [6.45, 7) is 0.963. The number of para-hydroxylation sites is 1. The largest absolute Gasteiger partial charge is 0.274 e. The van der Waals surface area contributed by atoms with Crippen LogP contribution in [0.5, 0.6) is 0 Å². The standard InChI is InChI=1S/C13H16N2S/c16-15-12-6-2-1-4-10(12)7-8-11-5-3-9-14-13(11)15/h1-2,4,6,11,16H,3,5,7-9H2. The van der Waals surface area contributed by atoms with E-state index in [9.17, 15) is 0 Å². The van der Waals surface area contributed by atoms with E-state index in [2.05, 4.69) is 42.1 Å². The molecule has 0 fully saturated rings. The number of aliphatic imine (C=N–C) groups is 1. The molecular formula is C13H16N2S. The Bertz CT molecular complexity index is 428. The van der Waals surface area contributed by atoms with Crippen molar-refractivity contribution in [1.29, 1.82) is 0 Å². The number of hydrogen-bond donors (Lipinski definition) is 1. The number of thiol groups is 1. The van der Waals surface area contributed by atoms with Crippen LogP contribution in [-0.2, 0) is 6.42 Å². The quantitative estimate of drug-likeness (QED) is 0.680. The average molecular weight is 232 g/mol. The number of aryl methyl sites for hydroxylation is 1. The highest BCUT2D eigenvalue weighted by atomic mass is 32.1.